The number of nitrogens with one attached hydrogen (secondary N) is 1. The van der Waals surface area contributed by atoms with Crippen molar-refractivity contribution in [2.75, 3.05) is 49.6 Å². The van der Waals surface area contributed by atoms with E-state index in [1.165, 1.54) is 6.07 Å². The van der Waals surface area contributed by atoms with Gasteiger partial charge in [-0.05, 0) is 43.2 Å². The number of ether oxygens (including phenoxy) is 1. The monoisotopic (exact) mass is 434 g/mol. The Bertz CT molecular complexity index is 1120. The number of carbonyl (C=O) groups is 1. The van der Waals surface area contributed by atoms with E-state index in [4.69, 9.17) is 9.72 Å². The highest BCUT2D eigenvalue weighted by molar-refractivity contribution is 6.07. The Balaban J connectivity index is 1.40. The Morgan fingerprint density at radius 2 is 1.91 bits per heavy atom. The number of nitrogens with zero attached hydrogens (tertiary/aromatic N) is 3. The molecular weight excluding hydrogens is 407 g/mol. The number of hydrogen-bond donors (Lipinski definition) is 1. The summed E-state index contributed by atoms with van der Waals surface area (Å²) in [4.78, 5) is 22.1. The number of piperidine rings is 1. The van der Waals surface area contributed by atoms with Crippen molar-refractivity contribution in [3.63, 3.8) is 0 Å². The Hall–Kier alpha value is -3.19. The molecule has 166 valence electrons. The number of benzene rings is 2. The van der Waals surface area contributed by atoms with Crippen LogP contribution in [0.5, 0.6) is 0 Å². The minimum atomic E-state index is -0.222. The normalized spacial score (nSPS) is 19.2. The first-order chi connectivity index (χ1) is 15.7. The molecular formula is C25H27FN4O2. The topological polar surface area (TPSA) is 57.7 Å². The lowest BCUT2D eigenvalue weighted by atomic mass is 10.0. The summed E-state index contributed by atoms with van der Waals surface area (Å²) in [5, 5.41) is 4.40. The standard InChI is InChI=1S/C25H27FN4O2/c26-18-5-3-7-20(15-18)30-10-4-6-19(17-30)27-24-16-22(21-8-1-2-9-23(21)28-24)25(31)29-11-13-32-14-12-29/h1-3,5,7-9,15-16,19H,4,6,10-14,17H2,(H,27,28). The number of para-hydroxylation sites is 1. The van der Waals surface area contributed by atoms with Gasteiger partial charge in [-0.1, -0.05) is 24.3 Å². The summed E-state index contributed by atoms with van der Waals surface area (Å²) in [7, 11) is 0. The zero-order valence-electron chi connectivity index (χ0n) is 18.0. The Morgan fingerprint density at radius 3 is 2.75 bits per heavy atom. The van der Waals surface area contributed by atoms with Gasteiger partial charge in [0.1, 0.15) is 11.6 Å². The highest BCUT2D eigenvalue weighted by Crippen LogP contribution is 2.26. The van der Waals surface area contributed by atoms with Gasteiger partial charge < -0.3 is 19.9 Å². The Labute approximate surface area is 187 Å². The van der Waals surface area contributed by atoms with Crippen molar-refractivity contribution in [1.29, 1.82) is 0 Å². The SMILES string of the molecule is O=C(c1cc(NC2CCCN(c3cccc(F)c3)C2)nc2ccccc12)N1CCOCC1. The minimum Gasteiger partial charge on any atom is -0.378 e. The molecule has 0 aliphatic carbocycles. The van der Waals surface area contributed by atoms with E-state index in [1.54, 1.807) is 12.1 Å². The summed E-state index contributed by atoms with van der Waals surface area (Å²) in [5.41, 5.74) is 2.36. The number of fused-ring (bicyclic) bond motifs is 1. The molecule has 1 aromatic heterocycles. The number of rotatable bonds is 4. The number of carbonyl (C=O) groups excluding carboxylic acids is 1. The van der Waals surface area contributed by atoms with Gasteiger partial charge in [0.25, 0.3) is 5.91 Å². The van der Waals surface area contributed by atoms with Crippen LogP contribution in [0.15, 0.2) is 54.6 Å². The van der Waals surface area contributed by atoms with E-state index in [1.807, 2.05) is 41.3 Å². The molecule has 2 fully saturated rings. The van der Waals surface area contributed by atoms with Crippen molar-refractivity contribution < 1.29 is 13.9 Å². The van der Waals surface area contributed by atoms with Gasteiger partial charge in [-0.2, -0.15) is 0 Å². The van der Waals surface area contributed by atoms with Gasteiger partial charge in [0.05, 0.1) is 24.3 Å². The molecule has 1 amide bonds. The van der Waals surface area contributed by atoms with E-state index in [0.717, 1.165) is 42.5 Å². The van der Waals surface area contributed by atoms with Gasteiger partial charge in [0.15, 0.2) is 0 Å². The number of hydrogen-bond acceptors (Lipinski definition) is 5. The highest BCUT2D eigenvalue weighted by Gasteiger charge is 2.24. The van der Waals surface area contributed by atoms with Crippen LogP contribution in [-0.4, -0.2) is 61.2 Å². The van der Waals surface area contributed by atoms with Crippen LogP contribution in [-0.2, 0) is 4.74 Å². The number of anilines is 2. The largest absolute Gasteiger partial charge is 0.378 e. The van der Waals surface area contributed by atoms with Gasteiger partial charge in [-0.15, -0.1) is 0 Å². The Kier molecular flexibility index (Phi) is 5.90. The molecule has 1 N–H and O–H groups in total. The molecule has 6 nitrogen and oxygen atoms in total. The fraction of sp³-hybridized carbons (Fsp3) is 0.360. The van der Waals surface area contributed by atoms with Crippen molar-refractivity contribution in [2.24, 2.45) is 0 Å². The van der Waals surface area contributed by atoms with Crippen LogP contribution in [0.1, 0.15) is 23.2 Å². The molecule has 0 radical (unpaired) electrons. The summed E-state index contributed by atoms with van der Waals surface area (Å²) in [6.45, 7) is 3.99. The predicted octanol–water partition coefficient (Wildman–Crippen LogP) is 3.93. The van der Waals surface area contributed by atoms with Crippen molar-refractivity contribution in [1.82, 2.24) is 9.88 Å². The van der Waals surface area contributed by atoms with E-state index in [2.05, 4.69) is 10.2 Å². The van der Waals surface area contributed by atoms with Crippen molar-refractivity contribution in [3.8, 4) is 0 Å². The lowest BCUT2D eigenvalue weighted by Crippen LogP contribution is -2.42. The lowest BCUT2D eigenvalue weighted by molar-refractivity contribution is 0.0304. The van der Waals surface area contributed by atoms with Crippen LogP contribution >= 0.6 is 0 Å². The molecule has 2 aliphatic heterocycles. The number of amides is 1. The van der Waals surface area contributed by atoms with Gasteiger partial charge in [0.2, 0.25) is 0 Å². The molecule has 2 saturated heterocycles. The maximum atomic E-state index is 13.7. The van der Waals surface area contributed by atoms with Crippen LogP contribution in [0.25, 0.3) is 10.9 Å². The number of aromatic nitrogens is 1. The molecule has 0 saturated carbocycles. The van der Waals surface area contributed by atoms with Gasteiger partial charge >= 0.3 is 0 Å². The maximum Gasteiger partial charge on any atom is 0.254 e. The van der Waals surface area contributed by atoms with Crippen LogP contribution in [0.3, 0.4) is 0 Å². The number of pyridine rings is 1. The fourth-order valence-corrected chi connectivity index (χ4v) is 4.57. The van der Waals surface area contributed by atoms with E-state index in [0.29, 0.717) is 37.7 Å². The second-order valence-electron chi connectivity index (χ2n) is 8.39. The molecule has 32 heavy (non-hydrogen) atoms. The average Bonchev–Trinajstić information content (AvgIpc) is 2.84. The van der Waals surface area contributed by atoms with E-state index in [9.17, 15) is 9.18 Å². The third kappa shape index (κ3) is 4.39. The minimum absolute atomic E-state index is 0.0139. The quantitative estimate of drug-likeness (QED) is 0.674. The van der Waals surface area contributed by atoms with Crippen molar-refractivity contribution in [2.45, 2.75) is 18.9 Å². The fourth-order valence-electron chi connectivity index (χ4n) is 4.57. The third-order valence-corrected chi connectivity index (χ3v) is 6.19. The summed E-state index contributed by atoms with van der Waals surface area (Å²) in [5.74, 6) is 0.492. The summed E-state index contributed by atoms with van der Waals surface area (Å²) in [6, 6.07) is 16.5. The van der Waals surface area contributed by atoms with E-state index >= 15 is 0 Å². The third-order valence-electron chi connectivity index (χ3n) is 6.19. The number of morpholine rings is 1. The molecule has 5 rings (SSSR count). The summed E-state index contributed by atoms with van der Waals surface area (Å²) >= 11 is 0. The van der Waals surface area contributed by atoms with Gasteiger partial charge in [-0.25, -0.2) is 9.37 Å². The zero-order valence-corrected chi connectivity index (χ0v) is 18.0. The van der Waals surface area contributed by atoms with Crippen LogP contribution in [0, 0.1) is 5.82 Å². The molecule has 3 heterocycles. The predicted molar refractivity (Wildman–Crippen MR) is 124 cm³/mol. The van der Waals surface area contributed by atoms with Crippen LogP contribution < -0.4 is 10.2 Å². The average molecular weight is 435 g/mol. The van der Waals surface area contributed by atoms with Crippen LogP contribution in [0.4, 0.5) is 15.9 Å². The first-order valence-corrected chi connectivity index (χ1v) is 11.2. The van der Waals surface area contributed by atoms with Gasteiger partial charge in [0, 0.05) is 43.3 Å². The molecule has 1 unspecified atom stereocenters. The van der Waals surface area contributed by atoms with Crippen LogP contribution in [0.2, 0.25) is 0 Å². The molecule has 2 aliphatic rings. The molecule has 1 atom stereocenters. The molecule has 7 heteroatoms. The van der Waals surface area contributed by atoms with E-state index in [-0.39, 0.29) is 17.8 Å². The first-order valence-electron chi connectivity index (χ1n) is 11.2. The van der Waals surface area contributed by atoms with Crippen molar-refractivity contribution in [3.05, 3.63) is 66.0 Å². The molecule has 0 bridgehead atoms. The van der Waals surface area contributed by atoms with E-state index < -0.39 is 0 Å². The maximum absolute atomic E-state index is 13.7. The number of halogens is 1. The summed E-state index contributed by atoms with van der Waals surface area (Å²) in [6.07, 6.45) is 1.99. The molecule has 3 aromatic rings. The molecule has 2 aromatic carbocycles. The second kappa shape index (κ2) is 9.12. The zero-order chi connectivity index (χ0) is 21.9. The smallest absolute Gasteiger partial charge is 0.254 e. The van der Waals surface area contributed by atoms with Crippen molar-refractivity contribution >= 4 is 28.3 Å². The lowest BCUT2D eigenvalue weighted by Gasteiger charge is -2.35. The first kappa shape index (κ1) is 20.7. The Morgan fingerprint density at radius 1 is 1.06 bits per heavy atom. The summed E-state index contributed by atoms with van der Waals surface area (Å²) < 4.78 is 19.1. The molecule has 0 spiro atoms. The second-order valence-corrected chi connectivity index (χ2v) is 8.39. The highest BCUT2D eigenvalue weighted by atomic mass is 19.1. The van der Waals surface area contributed by atoms with Gasteiger partial charge in [-0.3, -0.25) is 4.79 Å².